The second-order valence-corrected chi connectivity index (χ2v) is 5.88. The summed E-state index contributed by atoms with van der Waals surface area (Å²) in [6, 6.07) is 6.33. The summed E-state index contributed by atoms with van der Waals surface area (Å²) in [4.78, 5) is 0. The molecule has 1 N–H and O–H groups in total. The van der Waals surface area contributed by atoms with Crippen molar-refractivity contribution in [2.24, 2.45) is 5.92 Å². The Hall–Kier alpha value is -0.890. The van der Waals surface area contributed by atoms with Gasteiger partial charge in [-0.1, -0.05) is 37.8 Å². The molecule has 0 saturated heterocycles. The minimum atomic E-state index is 0.543. The molecular formula is C16H24ClNO. The van der Waals surface area contributed by atoms with Gasteiger partial charge in [0, 0.05) is 12.1 Å². The Morgan fingerprint density at radius 1 is 1.26 bits per heavy atom. The molecule has 2 atom stereocenters. The molecule has 2 unspecified atom stereocenters. The second kappa shape index (κ2) is 7.04. The molecule has 1 aliphatic rings. The average molecular weight is 282 g/mol. The van der Waals surface area contributed by atoms with Crippen LogP contribution >= 0.6 is 11.6 Å². The largest absolute Gasteiger partial charge is 0.497 e. The van der Waals surface area contributed by atoms with Crippen LogP contribution in [0.25, 0.3) is 0 Å². The van der Waals surface area contributed by atoms with Crippen molar-refractivity contribution in [2.45, 2.75) is 51.5 Å². The Kier molecular flexibility index (Phi) is 5.38. The maximum atomic E-state index is 6.25. The first kappa shape index (κ1) is 14.5. The minimum absolute atomic E-state index is 0.543. The molecule has 1 fully saturated rings. The van der Waals surface area contributed by atoms with E-state index in [1.54, 1.807) is 7.11 Å². The SMILES string of the molecule is CCC1CCCC(Nc2cc(OC)ccc2Cl)CC1. The summed E-state index contributed by atoms with van der Waals surface area (Å²) < 4.78 is 5.26. The van der Waals surface area contributed by atoms with Crippen LogP contribution in [0.15, 0.2) is 18.2 Å². The average Bonchev–Trinajstić information content (AvgIpc) is 2.66. The molecule has 0 aliphatic heterocycles. The van der Waals surface area contributed by atoms with Crippen LogP contribution in [0.5, 0.6) is 5.75 Å². The number of anilines is 1. The maximum absolute atomic E-state index is 6.25. The van der Waals surface area contributed by atoms with Gasteiger partial charge < -0.3 is 10.1 Å². The molecule has 0 radical (unpaired) electrons. The third-order valence-electron chi connectivity index (χ3n) is 4.20. The summed E-state index contributed by atoms with van der Waals surface area (Å²) in [5.74, 6) is 1.76. The number of hydrogen-bond acceptors (Lipinski definition) is 2. The molecule has 106 valence electrons. The highest BCUT2D eigenvalue weighted by Crippen LogP contribution is 2.31. The Balaban J connectivity index is 2.00. The van der Waals surface area contributed by atoms with Gasteiger partial charge in [0.05, 0.1) is 17.8 Å². The summed E-state index contributed by atoms with van der Waals surface area (Å²) in [6.45, 7) is 2.30. The monoisotopic (exact) mass is 281 g/mol. The molecule has 1 aromatic carbocycles. The molecule has 0 aromatic heterocycles. The minimum Gasteiger partial charge on any atom is -0.497 e. The van der Waals surface area contributed by atoms with E-state index in [2.05, 4.69) is 12.2 Å². The van der Waals surface area contributed by atoms with Gasteiger partial charge in [0.1, 0.15) is 5.75 Å². The Bertz CT molecular complexity index is 408. The summed E-state index contributed by atoms with van der Waals surface area (Å²) in [5, 5.41) is 4.37. The van der Waals surface area contributed by atoms with Crippen LogP contribution in [0.4, 0.5) is 5.69 Å². The van der Waals surface area contributed by atoms with E-state index >= 15 is 0 Å². The molecule has 19 heavy (non-hydrogen) atoms. The van der Waals surface area contributed by atoms with E-state index in [4.69, 9.17) is 16.3 Å². The van der Waals surface area contributed by atoms with Crippen molar-refractivity contribution < 1.29 is 4.74 Å². The van der Waals surface area contributed by atoms with Gasteiger partial charge in [-0.2, -0.15) is 0 Å². The number of rotatable bonds is 4. The van der Waals surface area contributed by atoms with Gasteiger partial charge in [-0.3, -0.25) is 0 Å². The molecule has 2 rings (SSSR count). The zero-order valence-electron chi connectivity index (χ0n) is 11.9. The lowest BCUT2D eigenvalue weighted by Crippen LogP contribution is -2.18. The van der Waals surface area contributed by atoms with Crippen LogP contribution in [-0.4, -0.2) is 13.2 Å². The molecule has 0 spiro atoms. The first-order chi connectivity index (χ1) is 9.22. The lowest BCUT2D eigenvalue weighted by atomic mass is 9.98. The summed E-state index contributed by atoms with van der Waals surface area (Å²) >= 11 is 6.25. The normalized spacial score (nSPS) is 23.7. The van der Waals surface area contributed by atoms with E-state index in [9.17, 15) is 0 Å². The van der Waals surface area contributed by atoms with E-state index in [0.29, 0.717) is 6.04 Å². The van der Waals surface area contributed by atoms with Gasteiger partial charge in [0.25, 0.3) is 0 Å². The number of nitrogens with one attached hydrogen (secondary N) is 1. The highest BCUT2D eigenvalue weighted by molar-refractivity contribution is 6.33. The number of halogens is 1. The van der Waals surface area contributed by atoms with Crippen LogP contribution < -0.4 is 10.1 Å². The van der Waals surface area contributed by atoms with Gasteiger partial charge in [-0.25, -0.2) is 0 Å². The van der Waals surface area contributed by atoms with E-state index in [-0.39, 0.29) is 0 Å². The molecule has 0 bridgehead atoms. The molecule has 0 amide bonds. The number of ether oxygens (including phenoxy) is 1. The Labute approximate surface area is 121 Å². The number of benzene rings is 1. The van der Waals surface area contributed by atoms with E-state index in [0.717, 1.165) is 22.4 Å². The third kappa shape index (κ3) is 4.04. The van der Waals surface area contributed by atoms with E-state index in [1.165, 1.54) is 38.5 Å². The number of hydrogen-bond donors (Lipinski definition) is 1. The zero-order valence-corrected chi connectivity index (χ0v) is 12.7. The van der Waals surface area contributed by atoms with Crippen molar-refractivity contribution in [2.75, 3.05) is 12.4 Å². The van der Waals surface area contributed by atoms with Crippen molar-refractivity contribution in [3.63, 3.8) is 0 Å². The zero-order chi connectivity index (χ0) is 13.7. The number of methoxy groups -OCH3 is 1. The fourth-order valence-electron chi connectivity index (χ4n) is 2.89. The first-order valence-corrected chi connectivity index (χ1v) is 7.70. The molecule has 1 aliphatic carbocycles. The Morgan fingerprint density at radius 3 is 2.84 bits per heavy atom. The predicted molar refractivity (Wildman–Crippen MR) is 82.3 cm³/mol. The molecule has 2 nitrogen and oxygen atoms in total. The highest BCUT2D eigenvalue weighted by Gasteiger charge is 2.18. The van der Waals surface area contributed by atoms with Crippen LogP contribution in [0.3, 0.4) is 0 Å². The first-order valence-electron chi connectivity index (χ1n) is 7.33. The van der Waals surface area contributed by atoms with Crippen molar-refractivity contribution in [3.05, 3.63) is 23.2 Å². The maximum Gasteiger partial charge on any atom is 0.121 e. The summed E-state index contributed by atoms with van der Waals surface area (Å²) in [6.07, 6.45) is 7.82. The van der Waals surface area contributed by atoms with Crippen molar-refractivity contribution >= 4 is 17.3 Å². The molecule has 1 aromatic rings. The quantitative estimate of drug-likeness (QED) is 0.774. The van der Waals surface area contributed by atoms with Crippen molar-refractivity contribution in [3.8, 4) is 5.75 Å². The van der Waals surface area contributed by atoms with Crippen LogP contribution in [-0.2, 0) is 0 Å². The van der Waals surface area contributed by atoms with Crippen molar-refractivity contribution in [1.29, 1.82) is 0 Å². The Morgan fingerprint density at radius 2 is 2.11 bits per heavy atom. The van der Waals surface area contributed by atoms with Gasteiger partial charge in [-0.15, -0.1) is 0 Å². The fourth-order valence-corrected chi connectivity index (χ4v) is 3.07. The molecule has 1 saturated carbocycles. The van der Waals surface area contributed by atoms with Crippen LogP contribution in [0.2, 0.25) is 5.02 Å². The van der Waals surface area contributed by atoms with Gasteiger partial charge in [0.2, 0.25) is 0 Å². The fraction of sp³-hybridized carbons (Fsp3) is 0.625. The standard InChI is InChI=1S/C16H24ClNO/c1-3-12-5-4-6-13(8-7-12)18-16-11-14(19-2)9-10-15(16)17/h9-13,18H,3-8H2,1-2H3. The summed E-state index contributed by atoms with van der Waals surface area (Å²) in [5.41, 5.74) is 1.00. The van der Waals surface area contributed by atoms with E-state index < -0.39 is 0 Å². The highest BCUT2D eigenvalue weighted by atomic mass is 35.5. The molecule has 0 heterocycles. The third-order valence-corrected chi connectivity index (χ3v) is 4.53. The molecule has 3 heteroatoms. The molecular weight excluding hydrogens is 258 g/mol. The van der Waals surface area contributed by atoms with Crippen LogP contribution in [0.1, 0.15) is 45.4 Å². The van der Waals surface area contributed by atoms with Gasteiger partial charge in [-0.05, 0) is 37.3 Å². The second-order valence-electron chi connectivity index (χ2n) is 5.47. The van der Waals surface area contributed by atoms with E-state index in [1.807, 2.05) is 18.2 Å². The van der Waals surface area contributed by atoms with Gasteiger partial charge >= 0.3 is 0 Å². The lowest BCUT2D eigenvalue weighted by molar-refractivity contribution is 0.415. The van der Waals surface area contributed by atoms with Gasteiger partial charge in [0.15, 0.2) is 0 Å². The topological polar surface area (TPSA) is 21.3 Å². The smallest absolute Gasteiger partial charge is 0.121 e. The van der Waals surface area contributed by atoms with Crippen LogP contribution in [0, 0.1) is 5.92 Å². The lowest BCUT2D eigenvalue weighted by Gasteiger charge is -2.19. The predicted octanol–water partition coefficient (Wildman–Crippen LogP) is 5.12. The summed E-state index contributed by atoms with van der Waals surface area (Å²) in [7, 11) is 1.69. The van der Waals surface area contributed by atoms with Crippen molar-refractivity contribution in [1.82, 2.24) is 0 Å².